The predicted molar refractivity (Wildman–Crippen MR) is 70.9 cm³/mol. The van der Waals surface area contributed by atoms with Crippen LogP contribution in [0.25, 0.3) is 0 Å². The molecule has 0 unspecified atom stereocenters. The van der Waals surface area contributed by atoms with Crippen LogP contribution in [0.1, 0.15) is 22.5 Å². The van der Waals surface area contributed by atoms with E-state index in [0.29, 0.717) is 18.6 Å². The maximum atomic E-state index is 11.8. The monoisotopic (exact) mass is 260 g/mol. The number of carbonyl (C=O) groups is 1. The van der Waals surface area contributed by atoms with Crippen molar-refractivity contribution in [3.8, 4) is 11.5 Å². The SMILES string of the molecule is COc1ccc(CCC(=O)c2ccco2)c(OC)c1. The Bertz CT molecular complexity index is 543. The van der Waals surface area contributed by atoms with Gasteiger partial charge in [-0.2, -0.15) is 0 Å². The highest BCUT2D eigenvalue weighted by Gasteiger charge is 2.11. The van der Waals surface area contributed by atoms with Crippen molar-refractivity contribution < 1.29 is 18.7 Å². The van der Waals surface area contributed by atoms with Crippen LogP contribution in [0.4, 0.5) is 0 Å². The zero-order valence-electron chi connectivity index (χ0n) is 11.0. The van der Waals surface area contributed by atoms with Crippen molar-refractivity contribution in [1.29, 1.82) is 0 Å². The Morgan fingerprint density at radius 1 is 1.21 bits per heavy atom. The minimum atomic E-state index is -0.0112. The molecular weight excluding hydrogens is 244 g/mol. The summed E-state index contributed by atoms with van der Waals surface area (Å²) in [5, 5.41) is 0. The van der Waals surface area contributed by atoms with Gasteiger partial charge in [-0.05, 0) is 30.2 Å². The van der Waals surface area contributed by atoms with Crippen molar-refractivity contribution in [2.45, 2.75) is 12.8 Å². The number of methoxy groups -OCH3 is 2. The Kier molecular flexibility index (Phi) is 4.23. The zero-order valence-corrected chi connectivity index (χ0v) is 11.0. The minimum Gasteiger partial charge on any atom is -0.497 e. The molecule has 4 nitrogen and oxygen atoms in total. The van der Waals surface area contributed by atoms with E-state index in [4.69, 9.17) is 13.9 Å². The summed E-state index contributed by atoms with van der Waals surface area (Å²) in [5.41, 5.74) is 0.975. The van der Waals surface area contributed by atoms with Crippen LogP contribution in [-0.4, -0.2) is 20.0 Å². The molecular formula is C15H16O4. The average molecular weight is 260 g/mol. The Hall–Kier alpha value is -2.23. The maximum Gasteiger partial charge on any atom is 0.198 e. The van der Waals surface area contributed by atoms with Crippen LogP contribution >= 0.6 is 0 Å². The summed E-state index contributed by atoms with van der Waals surface area (Å²) in [5.74, 6) is 1.85. The van der Waals surface area contributed by atoms with Gasteiger partial charge in [-0.3, -0.25) is 4.79 Å². The molecule has 0 saturated heterocycles. The zero-order chi connectivity index (χ0) is 13.7. The number of aryl methyl sites for hydroxylation is 1. The van der Waals surface area contributed by atoms with E-state index in [1.807, 2.05) is 18.2 Å². The first-order chi connectivity index (χ1) is 9.24. The van der Waals surface area contributed by atoms with Crippen molar-refractivity contribution in [3.63, 3.8) is 0 Å². The third kappa shape index (κ3) is 3.16. The molecule has 2 aromatic rings. The van der Waals surface area contributed by atoms with Gasteiger partial charge in [-0.25, -0.2) is 0 Å². The van der Waals surface area contributed by atoms with Crippen LogP contribution < -0.4 is 9.47 Å². The molecule has 0 spiro atoms. The number of furan rings is 1. The summed E-state index contributed by atoms with van der Waals surface area (Å²) in [6.45, 7) is 0. The molecule has 2 rings (SSSR count). The number of hydrogen-bond donors (Lipinski definition) is 0. The molecule has 4 heteroatoms. The van der Waals surface area contributed by atoms with E-state index < -0.39 is 0 Å². The van der Waals surface area contributed by atoms with Crippen LogP contribution in [-0.2, 0) is 6.42 Å². The van der Waals surface area contributed by atoms with Gasteiger partial charge in [0.2, 0.25) is 0 Å². The number of ketones is 1. The average Bonchev–Trinajstić information content (AvgIpc) is 2.98. The van der Waals surface area contributed by atoms with E-state index in [1.54, 1.807) is 26.4 Å². The van der Waals surface area contributed by atoms with Gasteiger partial charge in [0.25, 0.3) is 0 Å². The molecule has 0 amide bonds. The number of ether oxygens (including phenoxy) is 2. The lowest BCUT2D eigenvalue weighted by Crippen LogP contribution is -2.01. The van der Waals surface area contributed by atoms with Gasteiger partial charge in [-0.15, -0.1) is 0 Å². The van der Waals surface area contributed by atoms with Gasteiger partial charge in [-0.1, -0.05) is 6.07 Å². The van der Waals surface area contributed by atoms with Crippen molar-refractivity contribution in [2.24, 2.45) is 0 Å². The Balaban J connectivity index is 2.05. The first-order valence-corrected chi connectivity index (χ1v) is 6.02. The Morgan fingerprint density at radius 2 is 2.05 bits per heavy atom. The summed E-state index contributed by atoms with van der Waals surface area (Å²) in [4.78, 5) is 11.8. The first-order valence-electron chi connectivity index (χ1n) is 6.02. The van der Waals surface area contributed by atoms with E-state index in [9.17, 15) is 4.79 Å². The summed E-state index contributed by atoms with van der Waals surface area (Å²) < 4.78 is 15.5. The van der Waals surface area contributed by atoms with Gasteiger partial charge < -0.3 is 13.9 Å². The third-order valence-corrected chi connectivity index (χ3v) is 2.91. The topological polar surface area (TPSA) is 48.7 Å². The molecule has 0 saturated carbocycles. The largest absolute Gasteiger partial charge is 0.497 e. The van der Waals surface area contributed by atoms with Crippen LogP contribution in [0.15, 0.2) is 41.0 Å². The highest BCUT2D eigenvalue weighted by atomic mass is 16.5. The lowest BCUT2D eigenvalue weighted by Gasteiger charge is -2.09. The van der Waals surface area contributed by atoms with Gasteiger partial charge in [0.05, 0.1) is 20.5 Å². The van der Waals surface area contributed by atoms with E-state index >= 15 is 0 Å². The molecule has 0 radical (unpaired) electrons. The van der Waals surface area contributed by atoms with Gasteiger partial charge >= 0.3 is 0 Å². The molecule has 0 atom stereocenters. The molecule has 0 aliphatic rings. The Morgan fingerprint density at radius 3 is 2.68 bits per heavy atom. The third-order valence-electron chi connectivity index (χ3n) is 2.91. The van der Waals surface area contributed by atoms with Gasteiger partial charge in [0.1, 0.15) is 11.5 Å². The summed E-state index contributed by atoms with van der Waals surface area (Å²) in [7, 11) is 3.21. The van der Waals surface area contributed by atoms with Crippen molar-refractivity contribution in [2.75, 3.05) is 14.2 Å². The van der Waals surface area contributed by atoms with Gasteiger partial charge in [0, 0.05) is 12.5 Å². The highest BCUT2D eigenvalue weighted by Crippen LogP contribution is 2.25. The van der Waals surface area contributed by atoms with Crippen LogP contribution in [0.2, 0.25) is 0 Å². The van der Waals surface area contributed by atoms with E-state index in [1.165, 1.54) is 6.26 Å². The van der Waals surface area contributed by atoms with Crippen LogP contribution in [0.3, 0.4) is 0 Å². The number of carbonyl (C=O) groups excluding carboxylic acids is 1. The molecule has 0 bridgehead atoms. The van der Waals surface area contributed by atoms with E-state index in [2.05, 4.69) is 0 Å². The molecule has 19 heavy (non-hydrogen) atoms. The molecule has 1 aromatic carbocycles. The van der Waals surface area contributed by atoms with E-state index in [-0.39, 0.29) is 5.78 Å². The normalized spacial score (nSPS) is 10.2. The fourth-order valence-electron chi connectivity index (χ4n) is 1.87. The van der Waals surface area contributed by atoms with Crippen molar-refractivity contribution in [3.05, 3.63) is 47.9 Å². The molecule has 1 aromatic heterocycles. The van der Waals surface area contributed by atoms with Crippen LogP contribution in [0, 0.1) is 0 Å². The molecule has 0 aliphatic carbocycles. The molecule has 0 aliphatic heterocycles. The maximum absolute atomic E-state index is 11.8. The second-order valence-corrected chi connectivity index (χ2v) is 4.08. The molecule has 1 heterocycles. The highest BCUT2D eigenvalue weighted by molar-refractivity contribution is 5.93. The second-order valence-electron chi connectivity index (χ2n) is 4.08. The number of rotatable bonds is 6. The Labute approximate surface area is 111 Å². The smallest absolute Gasteiger partial charge is 0.198 e. The van der Waals surface area contributed by atoms with Crippen molar-refractivity contribution in [1.82, 2.24) is 0 Å². The molecule has 0 fully saturated rings. The van der Waals surface area contributed by atoms with E-state index in [0.717, 1.165) is 17.1 Å². The lowest BCUT2D eigenvalue weighted by molar-refractivity contribution is 0.0956. The van der Waals surface area contributed by atoms with Crippen LogP contribution in [0.5, 0.6) is 11.5 Å². The molecule has 0 N–H and O–H groups in total. The summed E-state index contributed by atoms with van der Waals surface area (Å²) in [6, 6.07) is 8.96. The fraction of sp³-hybridized carbons (Fsp3) is 0.267. The summed E-state index contributed by atoms with van der Waals surface area (Å²) >= 11 is 0. The quantitative estimate of drug-likeness (QED) is 0.749. The lowest BCUT2D eigenvalue weighted by atomic mass is 10.1. The minimum absolute atomic E-state index is 0.0112. The second kappa shape index (κ2) is 6.09. The van der Waals surface area contributed by atoms with Gasteiger partial charge in [0.15, 0.2) is 11.5 Å². The number of hydrogen-bond acceptors (Lipinski definition) is 4. The standard InChI is InChI=1S/C15H16O4/c1-17-12-7-5-11(15(10-12)18-2)6-8-13(16)14-4-3-9-19-14/h3-5,7,9-10H,6,8H2,1-2H3. The summed E-state index contributed by atoms with van der Waals surface area (Å²) in [6.07, 6.45) is 2.49. The first kappa shape index (κ1) is 13.2. The van der Waals surface area contributed by atoms with Crippen molar-refractivity contribution >= 4 is 5.78 Å². The predicted octanol–water partition coefficient (Wildman–Crippen LogP) is 3.11. The number of benzene rings is 1. The number of Topliss-reactive ketones (excluding diaryl/α,β-unsaturated/α-hetero) is 1. The molecule has 100 valence electrons. The fourth-order valence-corrected chi connectivity index (χ4v) is 1.87.